The van der Waals surface area contributed by atoms with E-state index in [-0.39, 0.29) is 17.9 Å². The highest BCUT2D eigenvalue weighted by Crippen LogP contribution is 2.22. The molecule has 0 aliphatic carbocycles. The summed E-state index contributed by atoms with van der Waals surface area (Å²) in [4.78, 5) is 23.4. The number of aliphatic carboxylic acids is 1. The molecule has 0 saturated carbocycles. The van der Waals surface area contributed by atoms with Gasteiger partial charge in [0.1, 0.15) is 6.10 Å². The molecule has 0 bridgehead atoms. The van der Waals surface area contributed by atoms with Gasteiger partial charge in [0, 0.05) is 6.61 Å². The summed E-state index contributed by atoms with van der Waals surface area (Å²) in [6.07, 6.45) is -0.865. The van der Waals surface area contributed by atoms with E-state index in [0.29, 0.717) is 13.2 Å². The molecule has 134 valence electrons. The maximum atomic E-state index is 13.7. The molecule has 8 heteroatoms. The number of hydrogen-bond acceptors (Lipinski definition) is 5. The lowest BCUT2D eigenvalue weighted by Crippen LogP contribution is -2.40. The molecular formula is C16H22FNO6. The first kappa shape index (κ1) is 19.9. The first-order valence-electron chi connectivity index (χ1n) is 7.46. The molecule has 1 rings (SSSR count). The zero-order valence-electron chi connectivity index (χ0n) is 13.9. The molecule has 0 aliphatic rings. The first-order chi connectivity index (χ1) is 11.4. The van der Waals surface area contributed by atoms with Crippen LogP contribution in [0.2, 0.25) is 0 Å². The second kappa shape index (κ2) is 9.84. The van der Waals surface area contributed by atoms with Gasteiger partial charge < -0.3 is 24.6 Å². The number of benzene rings is 1. The van der Waals surface area contributed by atoms with Crippen LogP contribution in [0.25, 0.3) is 0 Å². The van der Waals surface area contributed by atoms with Crippen LogP contribution in [-0.2, 0) is 19.1 Å². The molecule has 0 saturated heterocycles. The highest BCUT2D eigenvalue weighted by Gasteiger charge is 2.25. The summed E-state index contributed by atoms with van der Waals surface area (Å²) in [6, 6.07) is 2.30. The Morgan fingerprint density at radius 3 is 2.58 bits per heavy atom. The van der Waals surface area contributed by atoms with Crippen molar-refractivity contribution in [1.29, 1.82) is 0 Å². The zero-order valence-corrected chi connectivity index (χ0v) is 13.9. The van der Waals surface area contributed by atoms with Crippen LogP contribution in [0.4, 0.5) is 4.39 Å². The van der Waals surface area contributed by atoms with Crippen LogP contribution in [0, 0.1) is 5.82 Å². The van der Waals surface area contributed by atoms with Gasteiger partial charge in [0.25, 0.3) is 0 Å². The quantitative estimate of drug-likeness (QED) is 0.626. The molecule has 0 spiro atoms. The minimum absolute atomic E-state index is 0.0122. The van der Waals surface area contributed by atoms with Gasteiger partial charge in [-0.3, -0.25) is 4.79 Å². The summed E-state index contributed by atoms with van der Waals surface area (Å²) in [5.74, 6) is -2.65. The molecule has 2 atom stereocenters. The van der Waals surface area contributed by atoms with E-state index in [1.54, 1.807) is 0 Å². The van der Waals surface area contributed by atoms with E-state index >= 15 is 0 Å². The summed E-state index contributed by atoms with van der Waals surface area (Å²) in [6.45, 7) is 4.40. The fourth-order valence-electron chi connectivity index (χ4n) is 1.91. The molecule has 1 aromatic carbocycles. The lowest BCUT2D eigenvalue weighted by Gasteiger charge is -2.19. The molecule has 0 aromatic heterocycles. The smallest absolute Gasteiger partial charge is 0.330 e. The number of carboxylic acids is 1. The van der Waals surface area contributed by atoms with Crippen LogP contribution < -0.4 is 10.1 Å². The fourth-order valence-corrected chi connectivity index (χ4v) is 1.91. The second-order valence-corrected chi connectivity index (χ2v) is 4.88. The Labute approximate surface area is 139 Å². The largest absolute Gasteiger partial charge is 0.494 e. The number of carboxylic acid groups (broad SMARTS) is 1. The van der Waals surface area contributed by atoms with Crippen molar-refractivity contribution in [3.8, 4) is 5.75 Å². The Morgan fingerprint density at radius 1 is 1.33 bits per heavy atom. The first-order valence-corrected chi connectivity index (χ1v) is 7.46. The van der Waals surface area contributed by atoms with Gasteiger partial charge in [-0.15, -0.1) is 0 Å². The second-order valence-electron chi connectivity index (χ2n) is 4.88. The lowest BCUT2D eigenvalue weighted by atomic mass is 10.1. The van der Waals surface area contributed by atoms with Crippen LogP contribution in [0.3, 0.4) is 0 Å². The van der Waals surface area contributed by atoms with E-state index in [1.807, 2.05) is 6.92 Å². The predicted octanol–water partition coefficient (Wildman–Crippen LogP) is 1.52. The Bertz CT molecular complexity index is 565. The Morgan fingerprint density at radius 2 is 2.04 bits per heavy atom. The maximum Gasteiger partial charge on any atom is 0.330 e. The molecule has 0 aliphatic heterocycles. The van der Waals surface area contributed by atoms with Gasteiger partial charge in [-0.05, 0) is 31.5 Å². The van der Waals surface area contributed by atoms with E-state index < -0.39 is 29.8 Å². The molecule has 7 nitrogen and oxygen atoms in total. The van der Waals surface area contributed by atoms with Crippen LogP contribution in [0.15, 0.2) is 18.2 Å². The molecule has 1 aromatic rings. The monoisotopic (exact) mass is 343 g/mol. The Balaban J connectivity index is 2.73. The van der Waals surface area contributed by atoms with Crippen LogP contribution in [-0.4, -0.2) is 50.0 Å². The number of amides is 1. The third-order valence-corrected chi connectivity index (χ3v) is 3.21. The van der Waals surface area contributed by atoms with E-state index in [9.17, 15) is 19.1 Å². The molecule has 2 unspecified atom stereocenters. The van der Waals surface area contributed by atoms with E-state index in [1.165, 1.54) is 26.2 Å². The number of nitrogens with one attached hydrogen (secondary N) is 1. The number of methoxy groups -OCH3 is 1. The molecule has 1 amide bonds. The van der Waals surface area contributed by atoms with Gasteiger partial charge in [0.05, 0.1) is 20.3 Å². The van der Waals surface area contributed by atoms with E-state index in [2.05, 4.69) is 5.32 Å². The highest BCUT2D eigenvalue weighted by molar-refractivity contribution is 5.86. The molecular weight excluding hydrogens is 321 g/mol. The van der Waals surface area contributed by atoms with Crippen molar-refractivity contribution >= 4 is 11.9 Å². The molecule has 2 N–H and O–H groups in total. The molecule has 0 fully saturated rings. The van der Waals surface area contributed by atoms with Crippen molar-refractivity contribution in [2.45, 2.75) is 26.0 Å². The summed E-state index contributed by atoms with van der Waals surface area (Å²) in [5, 5.41) is 11.6. The van der Waals surface area contributed by atoms with Gasteiger partial charge >= 0.3 is 5.97 Å². The van der Waals surface area contributed by atoms with E-state index in [0.717, 1.165) is 6.07 Å². The highest BCUT2D eigenvalue weighted by atomic mass is 19.1. The Kier molecular flexibility index (Phi) is 8.14. The summed E-state index contributed by atoms with van der Waals surface area (Å²) >= 11 is 0. The molecule has 0 radical (unpaired) electrons. The minimum Gasteiger partial charge on any atom is -0.494 e. The average Bonchev–Trinajstić information content (AvgIpc) is 2.55. The number of ether oxygens (including phenoxy) is 3. The van der Waals surface area contributed by atoms with Crippen LogP contribution in [0.1, 0.15) is 25.5 Å². The molecule has 0 heterocycles. The van der Waals surface area contributed by atoms with Crippen molar-refractivity contribution in [2.75, 3.05) is 26.9 Å². The van der Waals surface area contributed by atoms with E-state index in [4.69, 9.17) is 14.2 Å². The number of hydrogen-bond donors (Lipinski definition) is 2. The third kappa shape index (κ3) is 5.78. The van der Waals surface area contributed by atoms with Crippen molar-refractivity contribution in [3.63, 3.8) is 0 Å². The van der Waals surface area contributed by atoms with Crippen molar-refractivity contribution in [2.24, 2.45) is 0 Å². The maximum absolute atomic E-state index is 13.7. The topological polar surface area (TPSA) is 94.1 Å². The van der Waals surface area contributed by atoms with Gasteiger partial charge in [-0.25, -0.2) is 9.18 Å². The molecule has 24 heavy (non-hydrogen) atoms. The summed E-state index contributed by atoms with van der Waals surface area (Å²) in [7, 11) is 1.30. The zero-order chi connectivity index (χ0) is 18.1. The standard InChI is InChI=1S/C16H22FNO6/c1-4-23-7-8-24-10(2)15(19)18-14(16(20)21)11-5-6-13(22-3)12(17)9-11/h5-6,9-10,14H,4,7-8H2,1-3H3,(H,18,19)(H,20,21). The predicted molar refractivity (Wildman–Crippen MR) is 83.4 cm³/mol. The number of carbonyl (C=O) groups is 2. The van der Waals surface area contributed by atoms with Crippen LogP contribution >= 0.6 is 0 Å². The number of carbonyl (C=O) groups excluding carboxylic acids is 1. The minimum atomic E-state index is -1.39. The van der Waals surface area contributed by atoms with Gasteiger partial charge in [-0.1, -0.05) is 6.07 Å². The Hall–Kier alpha value is -2.19. The normalized spacial score (nSPS) is 13.2. The third-order valence-electron chi connectivity index (χ3n) is 3.21. The van der Waals surface area contributed by atoms with Gasteiger partial charge in [0.15, 0.2) is 17.6 Å². The van der Waals surface area contributed by atoms with Crippen molar-refractivity contribution in [1.82, 2.24) is 5.32 Å². The average molecular weight is 343 g/mol. The number of rotatable bonds is 10. The van der Waals surface area contributed by atoms with Crippen molar-refractivity contribution < 1.29 is 33.3 Å². The fraction of sp³-hybridized carbons (Fsp3) is 0.500. The number of halogens is 1. The van der Waals surface area contributed by atoms with Gasteiger partial charge in [0.2, 0.25) is 5.91 Å². The van der Waals surface area contributed by atoms with Crippen molar-refractivity contribution in [3.05, 3.63) is 29.6 Å². The SMILES string of the molecule is CCOCCOC(C)C(=O)NC(C(=O)O)c1ccc(OC)c(F)c1. The van der Waals surface area contributed by atoms with Crippen LogP contribution in [0.5, 0.6) is 5.75 Å². The lowest BCUT2D eigenvalue weighted by molar-refractivity contribution is -0.144. The van der Waals surface area contributed by atoms with Gasteiger partial charge in [-0.2, -0.15) is 0 Å². The summed E-state index contributed by atoms with van der Waals surface area (Å²) in [5.41, 5.74) is 0.0932. The summed E-state index contributed by atoms with van der Waals surface area (Å²) < 4.78 is 28.9.